The minimum absolute atomic E-state index is 0.0956. The quantitative estimate of drug-likeness (QED) is 0.176. The second-order valence-electron chi connectivity index (χ2n) is 19.5. The highest BCUT2D eigenvalue weighted by molar-refractivity contribution is 5.73. The molecule has 1 aliphatic heterocycles. The van der Waals surface area contributed by atoms with Gasteiger partial charge in [0.05, 0.1) is 0 Å². The lowest BCUT2D eigenvalue weighted by Gasteiger charge is -2.62. The molecule has 5 unspecified atom stereocenters. The van der Waals surface area contributed by atoms with E-state index in [4.69, 9.17) is 19.7 Å². The Hall–Kier alpha value is -4.93. The number of nitrogens with zero attached hydrogens (tertiary/aromatic N) is 3. The first-order valence-electron chi connectivity index (χ1n) is 22.4. The molecule has 1 aromatic heterocycles. The molecule has 2 spiro atoms. The number of rotatable bonds is 5. The van der Waals surface area contributed by atoms with E-state index in [1.54, 1.807) is 11.1 Å². The number of ether oxygens (including phenoxy) is 1. The van der Waals surface area contributed by atoms with Crippen LogP contribution in [0, 0.1) is 47.3 Å². The highest BCUT2D eigenvalue weighted by atomic mass is 16.5. The molecule has 4 heteroatoms. The molecule has 5 atom stereocenters. The number of fused-ring (bicyclic) bond motifs is 5. The van der Waals surface area contributed by atoms with Crippen molar-refractivity contribution >= 4 is 0 Å². The minimum atomic E-state index is -0.180. The largest absolute Gasteiger partial charge is 0.358 e. The van der Waals surface area contributed by atoms with Gasteiger partial charge in [-0.1, -0.05) is 135 Å². The Bertz CT molecular complexity index is 2460. The van der Waals surface area contributed by atoms with Gasteiger partial charge in [-0.25, -0.2) is 15.0 Å². The predicted octanol–water partition coefficient (Wildman–Crippen LogP) is 13.2. The Morgan fingerprint density at radius 1 is 0.397 bits per heavy atom. The van der Waals surface area contributed by atoms with Crippen LogP contribution >= 0.6 is 0 Å². The molecule has 6 aliphatic carbocycles. The van der Waals surface area contributed by atoms with Crippen LogP contribution in [0.15, 0.2) is 127 Å². The monoisotopic (exact) mass is 759 g/mol. The van der Waals surface area contributed by atoms with E-state index in [0.717, 1.165) is 40.4 Å². The fourth-order valence-electron chi connectivity index (χ4n) is 13.9. The molecule has 0 saturated heterocycles. The summed E-state index contributed by atoms with van der Waals surface area (Å²) in [5.74, 6) is 7.98. The van der Waals surface area contributed by atoms with Crippen LogP contribution in [0.3, 0.4) is 0 Å². The zero-order valence-electron chi connectivity index (χ0n) is 33.9. The van der Waals surface area contributed by atoms with E-state index >= 15 is 0 Å². The first-order valence-corrected chi connectivity index (χ1v) is 22.4. The molecule has 58 heavy (non-hydrogen) atoms. The standard InChI is InChI=1S/C54H53N3O/c1-33-23-35-25-34(2)53(45(24-33)27-35)49-32-44(21-22-48(49)54(58-53)46-28-36-26-37(30-46)31-47(54)29-36)40-15-19-43(20-16-40)52-56-50(41-11-7-4-8-12-41)55-51(57-52)42-17-13-39(14-18-42)38-9-5-3-6-10-38/h3-22,32-37,45-47H,23-31H2,1-2H3. The summed E-state index contributed by atoms with van der Waals surface area (Å²) in [5, 5.41) is 0. The summed E-state index contributed by atoms with van der Waals surface area (Å²) < 4.78 is 8.14. The topological polar surface area (TPSA) is 47.9 Å². The molecule has 0 N–H and O–H groups in total. The average Bonchev–Trinajstić information content (AvgIpc) is 3.57. The molecular weight excluding hydrogens is 707 g/mol. The molecule has 0 amide bonds. The smallest absolute Gasteiger partial charge is 0.164 e. The molecule has 6 fully saturated rings. The first-order chi connectivity index (χ1) is 28.4. The van der Waals surface area contributed by atoms with Gasteiger partial charge in [-0.05, 0) is 145 Å². The first kappa shape index (κ1) is 35.1. The molecule has 13 rings (SSSR count). The van der Waals surface area contributed by atoms with Gasteiger partial charge in [0.2, 0.25) is 0 Å². The second kappa shape index (κ2) is 13.3. The lowest BCUT2D eigenvalue weighted by Crippen LogP contribution is -2.58. The van der Waals surface area contributed by atoms with Crippen molar-refractivity contribution in [2.45, 2.75) is 82.8 Å². The van der Waals surface area contributed by atoms with E-state index in [1.807, 2.05) is 18.2 Å². The van der Waals surface area contributed by atoms with Crippen LogP contribution in [-0.2, 0) is 15.9 Å². The normalized spacial score (nSPS) is 32.8. The van der Waals surface area contributed by atoms with Gasteiger partial charge in [0.1, 0.15) is 11.2 Å². The molecule has 2 heterocycles. The fraction of sp³-hybridized carbons (Fsp3) is 0.389. The van der Waals surface area contributed by atoms with Gasteiger partial charge in [-0.3, -0.25) is 0 Å². The lowest BCUT2D eigenvalue weighted by atomic mass is 9.48. The maximum atomic E-state index is 8.14. The van der Waals surface area contributed by atoms with Gasteiger partial charge < -0.3 is 4.74 Å². The van der Waals surface area contributed by atoms with Crippen molar-refractivity contribution in [3.8, 4) is 56.4 Å². The zero-order chi connectivity index (χ0) is 38.6. The number of benzene rings is 5. The molecule has 4 nitrogen and oxygen atoms in total. The van der Waals surface area contributed by atoms with Gasteiger partial charge in [0, 0.05) is 16.7 Å². The van der Waals surface area contributed by atoms with Crippen LogP contribution in [0.5, 0.6) is 0 Å². The van der Waals surface area contributed by atoms with Crippen molar-refractivity contribution in [2.24, 2.45) is 47.3 Å². The maximum absolute atomic E-state index is 8.14. The van der Waals surface area contributed by atoms with E-state index in [9.17, 15) is 0 Å². The molecule has 290 valence electrons. The minimum Gasteiger partial charge on any atom is -0.358 e. The van der Waals surface area contributed by atoms with Gasteiger partial charge >= 0.3 is 0 Å². The van der Waals surface area contributed by atoms with E-state index < -0.39 is 0 Å². The highest BCUT2D eigenvalue weighted by Crippen LogP contribution is 2.72. The lowest BCUT2D eigenvalue weighted by molar-refractivity contribution is -0.290. The van der Waals surface area contributed by atoms with Crippen LogP contribution in [0.1, 0.15) is 82.8 Å². The van der Waals surface area contributed by atoms with Crippen LogP contribution in [0.2, 0.25) is 0 Å². The van der Waals surface area contributed by atoms with Gasteiger partial charge in [-0.15, -0.1) is 0 Å². The molecule has 0 radical (unpaired) electrons. The van der Waals surface area contributed by atoms with E-state index in [-0.39, 0.29) is 11.2 Å². The van der Waals surface area contributed by atoms with Crippen molar-refractivity contribution < 1.29 is 4.74 Å². The Morgan fingerprint density at radius 2 is 0.828 bits per heavy atom. The second-order valence-corrected chi connectivity index (χ2v) is 19.5. The third kappa shape index (κ3) is 5.39. The van der Waals surface area contributed by atoms with Crippen molar-refractivity contribution in [3.63, 3.8) is 0 Å². The summed E-state index contributed by atoms with van der Waals surface area (Å²) in [4.78, 5) is 15.2. The van der Waals surface area contributed by atoms with E-state index in [0.29, 0.717) is 41.1 Å². The average molecular weight is 760 g/mol. The third-order valence-electron chi connectivity index (χ3n) is 16.0. The summed E-state index contributed by atoms with van der Waals surface area (Å²) in [6.45, 7) is 5.06. The van der Waals surface area contributed by atoms with Crippen molar-refractivity contribution in [1.29, 1.82) is 0 Å². The Balaban J connectivity index is 0.927. The predicted molar refractivity (Wildman–Crippen MR) is 232 cm³/mol. The molecule has 6 aromatic rings. The summed E-state index contributed by atoms with van der Waals surface area (Å²) in [6, 6.07) is 45.9. The van der Waals surface area contributed by atoms with Crippen molar-refractivity contribution in [2.75, 3.05) is 0 Å². The Labute approximate surface area is 343 Å². The van der Waals surface area contributed by atoms with E-state index in [2.05, 4.69) is 123 Å². The number of hydrogen-bond donors (Lipinski definition) is 0. The molecule has 6 saturated carbocycles. The number of aromatic nitrogens is 3. The van der Waals surface area contributed by atoms with Crippen molar-refractivity contribution in [1.82, 2.24) is 15.0 Å². The Morgan fingerprint density at radius 3 is 1.40 bits per heavy atom. The number of hydrogen-bond acceptors (Lipinski definition) is 4. The van der Waals surface area contributed by atoms with Gasteiger partial charge in [-0.2, -0.15) is 0 Å². The Kier molecular flexibility index (Phi) is 8.03. The van der Waals surface area contributed by atoms with Gasteiger partial charge in [0.25, 0.3) is 0 Å². The molecule has 5 aromatic carbocycles. The summed E-state index contributed by atoms with van der Waals surface area (Å²) in [6.07, 6.45) is 12.3. The third-order valence-corrected chi connectivity index (χ3v) is 16.0. The van der Waals surface area contributed by atoms with Crippen molar-refractivity contribution in [3.05, 3.63) is 139 Å². The van der Waals surface area contributed by atoms with Crippen LogP contribution in [-0.4, -0.2) is 15.0 Å². The summed E-state index contributed by atoms with van der Waals surface area (Å²) in [7, 11) is 0. The molecule has 7 aliphatic rings. The maximum Gasteiger partial charge on any atom is 0.164 e. The zero-order valence-corrected chi connectivity index (χ0v) is 33.9. The van der Waals surface area contributed by atoms with E-state index in [1.165, 1.54) is 80.0 Å². The van der Waals surface area contributed by atoms with Gasteiger partial charge in [0.15, 0.2) is 17.5 Å². The van der Waals surface area contributed by atoms with Crippen LogP contribution < -0.4 is 0 Å². The van der Waals surface area contributed by atoms with Crippen LogP contribution in [0.4, 0.5) is 0 Å². The SMILES string of the molecule is CC1CC2CC(C)C3(OC4(c5ccc(-c6ccc(-c7nc(-c8ccccc8)nc(-c8ccc(-c9ccccc9)cc8)n7)cc6)cc53)C3CC5CC(C3)CC4C5)C(C1)C2. The van der Waals surface area contributed by atoms with Crippen LogP contribution in [0.25, 0.3) is 56.4 Å². The summed E-state index contributed by atoms with van der Waals surface area (Å²) in [5.41, 5.74) is 10.7. The molecule has 6 bridgehead atoms. The highest BCUT2D eigenvalue weighted by Gasteiger charge is 2.69. The fourth-order valence-corrected chi connectivity index (χ4v) is 13.9. The summed E-state index contributed by atoms with van der Waals surface area (Å²) >= 11 is 0. The molecular formula is C54H53N3O.